The average Bonchev–Trinajstić information content (AvgIpc) is 2.54. The molecule has 0 N–H and O–H groups in total. The van der Waals surface area contributed by atoms with Crippen LogP contribution < -0.4 is 4.74 Å². The second-order valence-electron chi connectivity index (χ2n) is 4.43. The van der Waals surface area contributed by atoms with Gasteiger partial charge in [-0.2, -0.15) is 0 Å². The van der Waals surface area contributed by atoms with Gasteiger partial charge in [-0.25, -0.2) is 4.39 Å². The standard InChI is InChI=1S/C17H17FO3S/c18-14-6-8-16(9-7-14)22-13-10-17(19)21-12-11-20-15-4-2-1-3-5-15/h1-9H,10-13H2. The molecular weight excluding hydrogens is 303 g/mol. The highest BCUT2D eigenvalue weighted by molar-refractivity contribution is 7.99. The van der Waals surface area contributed by atoms with Crippen LogP contribution in [0.5, 0.6) is 5.75 Å². The Morgan fingerprint density at radius 1 is 1.00 bits per heavy atom. The summed E-state index contributed by atoms with van der Waals surface area (Å²) < 4.78 is 23.2. The molecule has 116 valence electrons. The molecule has 22 heavy (non-hydrogen) atoms. The fourth-order valence-electron chi connectivity index (χ4n) is 1.69. The number of ether oxygens (including phenoxy) is 2. The van der Waals surface area contributed by atoms with E-state index < -0.39 is 0 Å². The molecule has 0 radical (unpaired) electrons. The summed E-state index contributed by atoms with van der Waals surface area (Å²) in [5.41, 5.74) is 0. The van der Waals surface area contributed by atoms with Gasteiger partial charge in [0.05, 0.1) is 6.42 Å². The first kappa shape index (κ1) is 16.4. The van der Waals surface area contributed by atoms with E-state index in [0.29, 0.717) is 18.8 Å². The van der Waals surface area contributed by atoms with Gasteiger partial charge in [0.2, 0.25) is 0 Å². The van der Waals surface area contributed by atoms with Crippen LogP contribution in [0.3, 0.4) is 0 Å². The Bertz CT molecular complexity index is 572. The highest BCUT2D eigenvalue weighted by Gasteiger charge is 2.04. The lowest BCUT2D eigenvalue weighted by Gasteiger charge is -2.07. The van der Waals surface area contributed by atoms with Gasteiger partial charge < -0.3 is 9.47 Å². The van der Waals surface area contributed by atoms with Crippen molar-refractivity contribution < 1.29 is 18.7 Å². The fourth-order valence-corrected chi connectivity index (χ4v) is 2.52. The van der Waals surface area contributed by atoms with Crippen LogP contribution in [0.4, 0.5) is 4.39 Å². The van der Waals surface area contributed by atoms with Crippen molar-refractivity contribution in [1.82, 2.24) is 0 Å². The van der Waals surface area contributed by atoms with E-state index in [1.807, 2.05) is 30.3 Å². The molecule has 0 saturated heterocycles. The zero-order valence-electron chi connectivity index (χ0n) is 12.0. The maximum Gasteiger partial charge on any atom is 0.306 e. The lowest BCUT2D eigenvalue weighted by atomic mass is 10.3. The van der Waals surface area contributed by atoms with Gasteiger partial charge in [-0.05, 0) is 36.4 Å². The number of hydrogen-bond acceptors (Lipinski definition) is 4. The zero-order valence-corrected chi connectivity index (χ0v) is 12.9. The molecule has 5 heteroatoms. The summed E-state index contributed by atoms with van der Waals surface area (Å²) in [6.07, 6.45) is 0.313. The van der Waals surface area contributed by atoms with E-state index in [4.69, 9.17) is 9.47 Å². The van der Waals surface area contributed by atoms with E-state index >= 15 is 0 Å². The monoisotopic (exact) mass is 320 g/mol. The molecule has 0 bridgehead atoms. The van der Waals surface area contributed by atoms with Crippen LogP contribution in [0.1, 0.15) is 6.42 Å². The van der Waals surface area contributed by atoms with E-state index in [-0.39, 0.29) is 18.4 Å². The van der Waals surface area contributed by atoms with Crippen molar-refractivity contribution in [3.63, 3.8) is 0 Å². The van der Waals surface area contributed by atoms with Crippen molar-refractivity contribution in [2.45, 2.75) is 11.3 Å². The van der Waals surface area contributed by atoms with Gasteiger partial charge in [0.15, 0.2) is 0 Å². The Morgan fingerprint density at radius 2 is 1.73 bits per heavy atom. The molecule has 3 nitrogen and oxygen atoms in total. The predicted octanol–water partition coefficient (Wildman–Crippen LogP) is 3.93. The van der Waals surface area contributed by atoms with Crippen LogP contribution in [-0.4, -0.2) is 24.9 Å². The van der Waals surface area contributed by atoms with Gasteiger partial charge in [0.25, 0.3) is 0 Å². The number of hydrogen-bond donors (Lipinski definition) is 0. The lowest BCUT2D eigenvalue weighted by molar-refractivity contribution is -0.143. The zero-order chi connectivity index (χ0) is 15.6. The third-order valence-electron chi connectivity index (χ3n) is 2.75. The number of para-hydroxylation sites is 1. The van der Waals surface area contributed by atoms with Gasteiger partial charge in [0, 0.05) is 10.6 Å². The van der Waals surface area contributed by atoms with Crippen molar-refractivity contribution in [2.75, 3.05) is 19.0 Å². The molecular formula is C17H17FO3S. The second kappa shape index (κ2) is 9.10. The van der Waals surface area contributed by atoms with E-state index in [2.05, 4.69) is 0 Å². The fraction of sp³-hybridized carbons (Fsp3) is 0.235. The molecule has 2 aromatic carbocycles. The number of carbonyl (C=O) groups is 1. The summed E-state index contributed by atoms with van der Waals surface area (Å²) in [6, 6.07) is 15.6. The van der Waals surface area contributed by atoms with Gasteiger partial charge >= 0.3 is 5.97 Å². The highest BCUT2D eigenvalue weighted by Crippen LogP contribution is 2.18. The minimum Gasteiger partial charge on any atom is -0.490 e. The SMILES string of the molecule is O=C(CCSc1ccc(F)cc1)OCCOc1ccccc1. The van der Waals surface area contributed by atoms with E-state index in [9.17, 15) is 9.18 Å². The van der Waals surface area contributed by atoms with Crippen LogP contribution in [0, 0.1) is 5.82 Å². The van der Waals surface area contributed by atoms with Gasteiger partial charge in [-0.3, -0.25) is 4.79 Å². The highest BCUT2D eigenvalue weighted by atomic mass is 32.2. The Kier molecular flexibility index (Phi) is 6.77. The van der Waals surface area contributed by atoms with Gasteiger partial charge in [-0.15, -0.1) is 11.8 Å². The summed E-state index contributed by atoms with van der Waals surface area (Å²) in [4.78, 5) is 12.5. The van der Waals surface area contributed by atoms with E-state index in [0.717, 1.165) is 10.6 Å². The minimum atomic E-state index is -0.262. The van der Waals surface area contributed by atoms with Crippen LogP contribution in [-0.2, 0) is 9.53 Å². The molecule has 0 spiro atoms. The first-order valence-corrected chi connectivity index (χ1v) is 7.94. The second-order valence-corrected chi connectivity index (χ2v) is 5.60. The van der Waals surface area contributed by atoms with Crippen molar-refractivity contribution in [2.24, 2.45) is 0 Å². The Hall–Kier alpha value is -2.01. The molecule has 0 fully saturated rings. The van der Waals surface area contributed by atoms with Crippen molar-refractivity contribution in [3.05, 3.63) is 60.4 Å². The Labute approximate surface area is 133 Å². The molecule has 0 saturated carbocycles. The molecule has 0 aromatic heterocycles. The van der Waals surface area contributed by atoms with Crippen LogP contribution in [0.25, 0.3) is 0 Å². The van der Waals surface area contributed by atoms with Crippen molar-refractivity contribution in [3.8, 4) is 5.75 Å². The number of benzene rings is 2. The third kappa shape index (κ3) is 6.18. The minimum absolute atomic E-state index is 0.231. The first-order valence-electron chi connectivity index (χ1n) is 6.96. The van der Waals surface area contributed by atoms with Crippen LogP contribution in [0.15, 0.2) is 59.5 Å². The predicted molar refractivity (Wildman–Crippen MR) is 84.6 cm³/mol. The molecule has 0 unspecified atom stereocenters. The topological polar surface area (TPSA) is 35.5 Å². The maximum absolute atomic E-state index is 12.7. The summed E-state index contributed by atoms with van der Waals surface area (Å²) >= 11 is 1.49. The number of thioether (sulfide) groups is 1. The molecule has 2 rings (SSSR count). The number of carbonyl (C=O) groups excluding carboxylic acids is 1. The first-order chi connectivity index (χ1) is 10.7. The third-order valence-corrected chi connectivity index (χ3v) is 3.76. The lowest BCUT2D eigenvalue weighted by Crippen LogP contribution is -2.12. The van der Waals surface area contributed by atoms with Gasteiger partial charge in [0.1, 0.15) is 24.8 Å². The summed E-state index contributed by atoms with van der Waals surface area (Å²) in [5.74, 6) is 0.836. The molecule has 2 aromatic rings. The maximum atomic E-state index is 12.7. The molecule has 0 aliphatic heterocycles. The summed E-state index contributed by atoms with van der Waals surface area (Å²) in [7, 11) is 0. The Morgan fingerprint density at radius 3 is 2.45 bits per heavy atom. The molecule has 0 aliphatic carbocycles. The summed E-state index contributed by atoms with van der Waals surface area (Å²) in [5, 5.41) is 0. The van der Waals surface area contributed by atoms with Gasteiger partial charge in [-0.1, -0.05) is 18.2 Å². The Balaban J connectivity index is 1.55. The van der Waals surface area contributed by atoms with E-state index in [1.165, 1.54) is 23.9 Å². The quantitative estimate of drug-likeness (QED) is 0.419. The molecule has 0 heterocycles. The normalized spacial score (nSPS) is 10.2. The molecule has 0 aliphatic rings. The van der Waals surface area contributed by atoms with Crippen molar-refractivity contribution in [1.29, 1.82) is 0 Å². The smallest absolute Gasteiger partial charge is 0.306 e. The average molecular weight is 320 g/mol. The number of rotatable bonds is 8. The number of esters is 1. The molecule has 0 atom stereocenters. The van der Waals surface area contributed by atoms with E-state index in [1.54, 1.807) is 12.1 Å². The summed E-state index contributed by atoms with van der Waals surface area (Å²) in [6.45, 7) is 0.565. The van der Waals surface area contributed by atoms with Crippen molar-refractivity contribution >= 4 is 17.7 Å². The molecule has 0 amide bonds. The van der Waals surface area contributed by atoms with Crippen LogP contribution >= 0.6 is 11.8 Å². The largest absolute Gasteiger partial charge is 0.490 e. The van der Waals surface area contributed by atoms with Crippen LogP contribution in [0.2, 0.25) is 0 Å². The number of halogens is 1.